The molecule has 1 heterocycles. The first-order valence-corrected chi connectivity index (χ1v) is 10.6. The van der Waals surface area contributed by atoms with Gasteiger partial charge in [0.25, 0.3) is 0 Å². The maximum absolute atomic E-state index is 13.2. The third kappa shape index (κ3) is 7.93. The van der Waals surface area contributed by atoms with Crippen molar-refractivity contribution in [1.82, 2.24) is 15.1 Å². The minimum Gasteiger partial charge on any atom is -0.464 e. The third-order valence-corrected chi connectivity index (χ3v) is 4.60. The van der Waals surface area contributed by atoms with Crippen molar-refractivity contribution in [3.63, 3.8) is 0 Å². The van der Waals surface area contributed by atoms with E-state index in [1.165, 1.54) is 5.56 Å². The summed E-state index contributed by atoms with van der Waals surface area (Å²) in [5, 5.41) is 2.96. The van der Waals surface area contributed by atoms with E-state index in [2.05, 4.69) is 17.4 Å². The zero-order valence-electron chi connectivity index (χ0n) is 18.9. The molecule has 0 radical (unpaired) electrons. The highest BCUT2D eigenvalue weighted by Crippen LogP contribution is 2.12. The van der Waals surface area contributed by atoms with Gasteiger partial charge in [-0.2, -0.15) is 0 Å². The Morgan fingerprint density at radius 2 is 1.70 bits per heavy atom. The number of carbonyl (C=O) groups is 2. The maximum atomic E-state index is 13.2. The lowest BCUT2D eigenvalue weighted by molar-refractivity contribution is -0.132. The number of aryl methyl sites for hydroxylation is 1. The Morgan fingerprint density at radius 1 is 1.00 bits per heavy atom. The first-order chi connectivity index (χ1) is 14.2. The van der Waals surface area contributed by atoms with Gasteiger partial charge in [0.1, 0.15) is 18.1 Å². The summed E-state index contributed by atoms with van der Waals surface area (Å²) in [6, 6.07) is 13.7. The minimum absolute atomic E-state index is 0.0459. The fraction of sp³-hybridized carbons (Fsp3) is 0.500. The average Bonchev–Trinajstić information content (AvgIpc) is 3.09. The summed E-state index contributed by atoms with van der Waals surface area (Å²) in [4.78, 5) is 29.2. The predicted molar refractivity (Wildman–Crippen MR) is 119 cm³/mol. The zero-order valence-corrected chi connectivity index (χ0v) is 18.9. The molecule has 1 aromatic carbocycles. The molecule has 6 heteroatoms. The van der Waals surface area contributed by atoms with Crippen LogP contribution in [-0.2, 0) is 17.8 Å². The lowest BCUT2D eigenvalue weighted by Crippen LogP contribution is -2.51. The number of nitrogens with one attached hydrogen (secondary N) is 1. The van der Waals surface area contributed by atoms with Crippen molar-refractivity contribution in [2.45, 2.75) is 59.5 Å². The Labute approximate surface area is 180 Å². The van der Waals surface area contributed by atoms with Gasteiger partial charge < -0.3 is 19.5 Å². The molecular formula is C24H35N3O3. The van der Waals surface area contributed by atoms with Crippen LogP contribution in [-0.4, -0.2) is 46.9 Å². The molecule has 164 valence electrons. The van der Waals surface area contributed by atoms with Crippen molar-refractivity contribution in [2.24, 2.45) is 0 Å². The van der Waals surface area contributed by atoms with Gasteiger partial charge in [-0.3, -0.25) is 4.79 Å². The number of benzene rings is 1. The van der Waals surface area contributed by atoms with Crippen LogP contribution in [0.1, 0.15) is 51.2 Å². The lowest BCUT2D eigenvalue weighted by atomic mass is 10.1. The second-order valence-electron chi connectivity index (χ2n) is 8.66. The summed E-state index contributed by atoms with van der Waals surface area (Å²) in [5.74, 6) is 1.48. The van der Waals surface area contributed by atoms with Gasteiger partial charge in [-0.1, -0.05) is 37.3 Å². The van der Waals surface area contributed by atoms with Crippen LogP contribution >= 0.6 is 0 Å². The average molecular weight is 414 g/mol. The summed E-state index contributed by atoms with van der Waals surface area (Å²) in [6.07, 6.45) is 1.53. The SMILES string of the molecule is CCCN(CC(=O)N(CCc1ccccc1)Cc1ccc(C)o1)C(=O)NC(C)(C)C. The number of rotatable bonds is 9. The van der Waals surface area contributed by atoms with E-state index in [9.17, 15) is 9.59 Å². The summed E-state index contributed by atoms with van der Waals surface area (Å²) < 4.78 is 5.70. The fourth-order valence-corrected chi connectivity index (χ4v) is 3.14. The van der Waals surface area contributed by atoms with Crippen LogP contribution in [0.2, 0.25) is 0 Å². The molecule has 0 aliphatic heterocycles. The molecule has 0 atom stereocenters. The minimum atomic E-state index is -0.356. The van der Waals surface area contributed by atoms with Crippen LogP contribution in [0.4, 0.5) is 4.79 Å². The molecule has 0 unspecified atom stereocenters. The van der Waals surface area contributed by atoms with E-state index in [4.69, 9.17) is 4.42 Å². The highest BCUT2D eigenvalue weighted by atomic mass is 16.3. The molecule has 0 aliphatic rings. The second kappa shape index (κ2) is 10.9. The van der Waals surface area contributed by atoms with Crippen LogP contribution in [0.5, 0.6) is 0 Å². The molecule has 2 rings (SSSR count). The summed E-state index contributed by atoms with van der Waals surface area (Å²) >= 11 is 0. The third-order valence-electron chi connectivity index (χ3n) is 4.60. The Bertz CT molecular complexity index is 809. The Morgan fingerprint density at radius 3 is 2.27 bits per heavy atom. The van der Waals surface area contributed by atoms with E-state index >= 15 is 0 Å². The number of urea groups is 1. The molecule has 1 aromatic heterocycles. The number of amides is 3. The van der Waals surface area contributed by atoms with Gasteiger partial charge in [0.05, 0.1) is 6.54 Å². The quantitative estimate of drug-likeness (QED) is 0.663. The number of nitrogens with zero attached hydrogens (tertiary/aromatic N) is 2. The van der Waals surface area contributed by atoms with Gasteiger partial charge in [0.2, 0.25) is 5.91 Å². The van der Waals surface area contributed by atoms with Crippen LogP contribution in [0, 0.1) is 6.92 Å². The van der Waals surface area contributed by atoms with Crippen LogP contribution in [0.15, 0.2) is 46.9 Å². The monoisotopic (exact) mass is 413 g/mol. The van der Waals surface area contributed by atoms with E-state index in [0.717, 1.165) is 24.4 Å². The van der Waals surface area contributed by atoms with Crippen molar-refractivity contribution in [1.29, 1.82) is 0 Å². The predicted octanol–water partition coefficient (Wildman–Crippen LogP) is 4.38. The van der Waals surface area contributed by atoms with E-state index in [-0.39, 0.29) is 24.0 Å². The lowest BCUT2D eigenvalue weighted by Gasteiger charge is -2.30. The largest absolute Gasteiger partial charge is 0.464 e. The van der Waals surface area contributed by atoms with Gasteiger partial charge in [-0.15, -0.1) is 0 Å². The van der Waals surface area contributed by atoms with Gasteiger partial charge in [0, 0.05) is 18.6 Å². The molecule has 1 N–H and O–H groups in total. The molecule has 0 saturated heterocycles. The maximum Gasteiger partial charge on any atom is 0.318 e. The van der Waals surface area contributed by atoms with Gasteiger partial charge in [0.15, 0.2) is 0 Å². The molecule has 0 saturated carbocycles. The van der Waals surface area contributed by atoms with E-state index < -0.39 is 0 Å². The van der Waals surface area contributed by atoms with Crippen molar-refractivity contribution in [3.8, 4) is 0 Å². The molecule has 6 nitrogen and oxygen atoms in total. The van der Waals surface area contributed by atoms with Gasteiger partial charge >= 0.3 is 6.03 Å². The first kappa shape index (κ1) is 23.5. The summed E-state index contributed by atoms with van der Waals surface area (Å²) in [6.45, 7) is 11.2. The van der Waals surface area contributed by atoms with E-state index in [0.29, 0.717) is 19.6 Å². The smallest absolute Gasteiger partial charge is 0.318 e. The zero-order chi connectivity index (χ0) is 22.1. The highest BCUT2D eigenvalue weighted by molar-refractivity contribution is 5.84. The molecule has 0 bridgehead atoms. The summed E-state index contributed by atoms with van der Waals surface area (Å²) in [7, 11) is 0. The Hall–Kier alpha value is -2.76. The number of hydrogen-bond acceptors (Lipinski definition) is 3. The summed E-state index contributed by atoms with van der Waals surface area (Å²) in [5.41, 5.74) is 0.812. The van der Waals surface area contributed by atoms with Crippen molar-refractivity contribution in [2.75, 3.05) is 19.6 Å². The molecule has 30 heavy (non-hydrogen) atoms. The molecular weight excluding hydrogens is 378 g/mol. The van der Waals surface area contributed by atoms with E-state index in [1.807, 2.05) is 65.0 Å². The van der Waals surface area contributed by atoms with E-state index in [1.54, 1.807) is 9.80 Å². The number of carbonyl (C=O) groups excluding carboxylic acids is 2. The van der Waals surface area contributed by atoms with Crippen molar-refractivity contribution >= 4 is 11.9 Å². The molecule has 0 aliphatic carbocycles. The molecule has 3 amide bonds. The molecule has 2 aromatic rings. The Kier molecular flexibility index (Phi) is 8.51. The van der Waals surface area contributed by atoms with Crippen molar-refractivity contribution in [3.05, 3.63) is 59.5 Å². The highest BCUT2D eigenvalue weighted by Gasteiger charge is 2.24. The molecule has 0 spiro atoms. The number of furan rings is 1. The van der Waals surface area contributed by atoms with Gasteiger partial charge in [-0.25, -0.2) is 4.79 Å². The van der Waals surface area contributed by atoms with Gasteiger partial charge in [-0.05, 0) is 58.2 Å². The topological polar surface area (TPSA) is 65.8 Å². The Balaban J connectivity index is 2.11. The van der Waals surface area contributed by atoms with Crippen LogP contribution < -0.4 is 5.32 Å². The van der Waals surface area contributed by atoms with Crippen molar-refractivity contribution < 1.29 is 14.0 Å². The normalized spacial score (nSPS) is 11.2. The molecule has 0 fully saturated rings. The first-order valence-electron chi connectivity index (χ1n) is 10.6. The number of hydrogen-bond donors (Lipinski definition) is 1. The standard InChI is InChI=1S/C24H35N3O3/c1-6-15-27(23(29)25-24(3,4)5)18-22(28)26(17-21-13-12-19(2)30-21)16-14-20-10-8-7-9-11-20/h7-13H,6,14-18H2,1-5H3,(H,25,29). The second-order valence-corrected chi connectivity index (χ2v) is 8.66. The van der Waals surface area contributed by atoms with Crippen LogP contribution in [0.25, 0.3) is 0 Å². The fourth-order valence-electron chi connectivity index (χ4n) is 3.14. The van der Waals surface area contributed by atoms with Crippen LogP contribution in [0.3, 0.4) is 0 Å².